The first-order valence-electron chi connectivity index (χ1n) is 6.46. The van der Waals surface area contributed by atoms with Crippen molar-refractivity contribution >= 4 is 6.29 Å². The van der Waals surface area contributed by atoms with Crippen molar-refractivity contribution in [2.24, 2.45) is 0 Å². The molecule has 0 atom stereocenters. The lowest BCUT2D eigenvalue weighted by atomic mass is 10.1. The van der Waals surface area contributed by atoms with Gasteiger partial charge in [0, 0.05) is 5.56 Å². The molecular formula is C15H22O2. The molecule has 0 unspecified atom stereocenters. The van der Waals surface area contributed by atoms with Gasteiger partial charge in [-0.05, 0) is 25.0 Å². The van der Waals surface area contributed by atoms with Crippen LogP contribution in [0.15, 0.2) is 18.2 Å². The first-order chi connectivity index (χ1) is 8.27. The predicted molar refractivity (Wildman–Crippen MR) is 70.8 cm³/mol. The van der Waals surface area contributed by atoms with Crippen LogP contribution in [0.4, 0.5) is 0 Å². The third kappa shape index (κ3) is 5.03. The predicted octanol–water partition coefficient (Wildman–Crippen LogP) is 4.16. The molecule has 17 heavy (non-hydrogen) atoms. The van der Waals surface area contributed by atoms with Gasteiger partial charge in [0.05, 0.1) is 6.61 Å². The van der Waals surface area contributed by atoms with Crippen molar-refractivity contribution in [3.8, 4) is 5.75 Å². The number of aryl methyl sites for hydroxylation is 1. The van der Waals surface area contributed by atoms with E-state index in [1.165, 1.54) is 25.7 Å². The lowest BCUT2D eigenvalue weighted by molar-refractivity contribution is 0.112. The number of benzene rings is 1. The molecule has 0 aromatic heterocycles. The van der Waals surface area contributed by atoms with Gasteiger partial charge in [-0.15, -0.1) is 0 Å². The van der Waals surface area contributed by atoms with E-state index >= 15 is 0 Å². The average Bonchev–Trinajstić information content (AvgIpc) is 2.35. The van der Waals surface area contributed by atoms with E-state index in [1.54, 1.807) is 0 Å². The molecule has 0 fully saturated rings. The van der Waals surface area contributed by atoms with Gasteiger partial charge in [-0.25, -0.2) is 0 Å². The Morgan fingerprint density at radius 2 is 1.94 bits per heavy atom. The Labute approximate surface area is 104 Å². The van der Waals surface area contributed by atoms with Crippen molar-refractivity contribution in [2.75, 3.05) is 6.61 Å². The van der Waals surface area contributed by atoms with E-state index in [4.69, 9.17) is 4.74 Å². The number of aldehydes is 1. The first-order valence-corrected chi connectivity index (χ1v) is 6.46. The SMILES string of the molecule is CCCCCCCOc1cc(C=O)ccc1C. The Kier molecular flexibility index (Phi) is 6.38. The maximum absolute atomic E-state index is 10.7. The normalized spacial score (nSPS) is 10.2. The summed E-state index contributed by atoms with van der Waals surface area (Å²) in [4.78, 5) is 10.7. The fraction of sp³-hybridized carbons (Fsp3) is 0.533. The Morgan fingerprint density at radius 3 is 2.65 bits per heavy atom. The minimum atomic E-state index is 0.677. The summed E-state index contributed by atoms with van der Waals surface area (Å²) >= 11 is 0. The number of carbonyl (C=O) groups is 1. The van der Waals surface area contributed by atoms with Crippen molar-refractivity contribution in [3.63, 3.8) is 0 Å². The van der Waals surface area contributed by atoms with Crippen LogP contribution < -0.4 is 4.74 Å². The summed E-state index contributed by atoms with van der Waals surface area (Å²) in [6, 6.07) is 5.56. The zero-order chi connectivity index (χ0) is 12.5. The molecule has 1 rings (SSSR count). The quantitative estimate of drug-likeness (QED) is 0.499. The zero-order valence-corrected chi connectivity index (χ0v) is 10.9. The number of ether oxygens (including phenoxy) is 1. The van der Waals surface area contributed by atoms with Crippen LogP contribution in [-0.2, 0) is 0 Å². The smallest absolute Gasteiger partial charge is 0.150 e. The van der Waals surface area contributed by atoms with Crippen molar-refractivity contribution < 1.29 is 9.53 Å². The van der Waals surface area contributed by atoms with Crippen LogP contribution in [0.2, 0.25) is 0 Å². The van der Waals surface area contributed by atoms with Crippen molar-refractivity contribution in [1.29, 1.82) is 0 Å². The van der Waals surface area contributed by atoms with Crippen molar-refractivity contribution in [2.45, 2.75) is 46.0 Å². The molecule has 94 valence electrons. The third-order valence-electron chi connectivity index (χ3n) is 2.85. The molecular weight excluding hydrogens is 212 g/mol. The highest BCUT2D eigenvalue weighted by molar-refractivity contribution is 5.75. The number of hydrogen-bond donors (Lipinski definition) is 0. The van der Waals surface area contributed by atoms with Crippen molar-refractivity contribution in [1.82, 2.24) is 0 Å². The largest absolute Gasteiger partial charge is 0.493 e. The van der Waals surface area contributed by atoms with Gasteiger partial charge in [0.25, 0.3) is 0 Å². The van der Waals surface area contributed by atoms with Crippen LogP contribution in [0.1, 0.15) is 54.9 Å². The molecule has 2 heteroatoms. The van der Waals surface area contributed by atoms with Gasteiger partial charge in [-0.3, -0.25) is 4.79 Å². The molecule has 0 aliphatic rings. The summed E-state index contributed by atoms with van der Waals surface area (Å²) in [5.74, 6) is 0.838. The summed E-state index contributed by atoms with van der Waals surface area (Å²) in [5, 5.41) is 0. The topological polar surface area (TPSA) is 26.3 Å². The van der Waals surface area contributed by atoms with Gasteiger partial charge in [-0.2, -0.15) is 0 Å². The Morgan fingerprint density at radius 1 is 1.18 bits per heavy atom. The molecule has 0 radical (unpaired) electrons. The van der Waals surface area contributed by atoms with Gasteiger partial charge < -0.3 is 4.74 Å². The zero-order valence-electron chi connectivity index (χ0n) is 10.9. The van der Waals surface area contributed by atoms with Crippen LogP contribution in [0.3, 0.4) is 0 Å². The van der Waals surface area contributed by atoms with E-state index in [9.17, 15) is 4.79 Å². The molecule has 0 spiro atoms. The number of carbonyl (C=O) groups excluding carboxylic acids is 1. The van der Waals surface area contributed by atoms with E-state index in [-0.39, 0.29) is 0 Å². The van der Waals surface area contributed by atoms with E-state index in [1.807, 2.05) is 25.1 Å². The molecule has 0 N–H and O–H groups in total. The molecule has 0 aliphatic heterocycles. The van der Waals surface area contributed by atoms with E-state index in [2.05, 4.69) is 6.92 Å². The minimum Gasteiger partial charge on any atom is -0.493 e. The van der Waals surface area contributed by atoms with Gasteiger partial charge in [0.15, 0.2) is 0 Å². The maximum atomic E-state index is 10.7. The summed E-state index contributed by atoms with van der Waals surface area (Å²) in [7, 11) is 0. The molecule has 1 aromatic rings. The second-order valence-corrected chi connectivity index (χ2v) is 4.41. The van der Waals surface area contributed by atoms with Crippen LogP contribution in [-0.4, -0.2) is 12.9 Å². The number of hydrogen-bond acceptors (Lipinski definition) is 2. The Hall–Kier alpha value is -1.31. The van der Waals surface area contributed by atoms with Crippen LogP contribution >= 0.6 is 0 Å². The second-order valence-electron chi connectivity index (χ2n) is 4.41. The summed E-state index contributed by atoms with van der Waals surface area (Å²) in [6.07, 6.45) is 7.02. The molecule has 0 amide bonds. The molecule has 0 saturated heterocycles. The third-order valence-corrected chi connectivity index (χ3v) is 2.85. The minimum absolute atomic E-state index is 0.677. The van der Waals surface area contributed by atoms with Crippen LogP contribution in [0.5, 0.6) is 5.75 Å². The summed E-state index contributed by atoms with van der Waals surface area (Å²) in [5.41, 5.74) is 1.76. The fourth-order valence-corrected chi connectivity index (χ4v) is 1.73. The number of unbranched alkanes of at least 4 members (excludes halogenated alkanes) is 4. The Balaban J connectivity index is 2.33. The van der Waals surface area contributed by atoms with E-state index < -0.39 is 0 Å². The highest BCUT2D eigenvalue weighted by Gasteiger charge is 2.01. The molecule has 1 aromatic carbocycles. The molecule has 0 aliphatic carbocycles. The van der Waals surface area contributed by atoms with Crippen LogP contribution in [0.25, 0.3) is 0 Å². The number of rotatable bonds is 8. The van der Waals surface area contributed by atoms with E-state index in [0.29, 0.717) is 5.56 Å². The van der Waals surface area contributed by atoms with Gasteiger partial charge in [0.2, 0.25) is 0 Å². The maximum Gasteiger partial charge on any atom is 0.150 e. The van der Waals surface area contributed by atoms with E-state index in [0.717, 1.165) is 30.6 Å². The second kappa shape index (κ2) is 7.88. The highest BCUT2D eigenvalue weighted by Crippen LogP contribution is 2.19. The van der Waals surface area contributed by atoms with Gasteiger partial charge >= 0.3 is 0 Å². The highest BCUT2D eigenvalue weighted by atomic mass is 16.5. The summed E-state index contributed by atoms with van der Waals surface area (Å²) in [6.45, 7) is 4.96. The standard InChI is InChI=1S/C15H22O2/c1-3-4-5-6-7-10-17-15-11-14(12-16)9-8-13(15)2/h8-9,11-12H,3-7,10H2,1-2H3. The first kappa shape index (κ1) is 13.8. The monoisotopic (exact) mass is 234 g/mol. The molecule has 2 nitrogen and oxygen atoms in total. The lowest BCUT2D eigenvalue weighted by Crippen LogP contribution is -1.99. The molecule has 0 bridgehead atoms. The fourth-order valence-electron chi connectivity index (χ4n) is 1.73. The molecule has 0 heterocycles. The van der Waals surface area contributed by atoms with Crippen molar-refractivity contribution in [3.05, 3.63) is 29.3 Å². The average molecular weight is 234 g/mol. The van der Waals surface area contributed by atoms with Crippen LogP contribution in [0, 0.1) is 6.92 Å². The van der Waals surface area contributed by atoms with Gasteiger partial charge in [-0.1, -0.05) is 44.7 Å². The Bertz CT molecular complexity index is 345. The van der Waals surface area contributed by atoms with Gasteiger partial charge in [0.1, 0.15) is 12.0 Å². The molecule has 0 saturated carbocycles. The lowest BCUT2D eigenvalue weighted by Gasteiger charge is -2.09. The summed E-state index contributed by atoms with van der Waals surface area (Å²) < 4.78 is 5.70.